The fourth-order valence-corrected chi connectivity index (χ4v) is 1.92. The van der Waals surface area contributed by atoms with E-state index in [0.717, 1.165) is 16.9 Å². The lowest BCUT2D eigenvalue weighted by molar-refractivity contribution is 0.174. The van der Waals surface area contributed by atoms with Gasteiger partial charge in [-0.1, -0.05) is 30.0 Å². The van der Waals surface area contributed by atoms with Crippen LogP contribution >= 0.6 is 0 Å². The highest BCUT2D eigenvalue weighted by atomic mass is 16.7. The van der Waals surface area contributed by atoms with Crippen molar-refractivity contribution in [1.82, 2.24) is 0 Å². The summed E-state index contributed by atoms with van der Waals surface area (Å²) in [4.78, 5) is 0. The highest BCUT2D eigenvalue weighted by Crippen LogP contribution is 2.35. The molecule has 19 heavy (non-hydrogen) atoms. The van der Waals surface area contributed by atoms with E-state index < -0.39 is 0 Å². The summed E-state index contributed by atoms with van der Waals surface area (Å²) in [7, 11) is 0. The van der Waals surface area contributed by atoms with E-state index in [-0.39, 0.29) is 6.79 Å². The van der Waals surface area contributed by atoms with E-state index in [4.69, 9.17) is 15.2 Å². The number of nitrogen functional groups attached to an aromatic ring is 1. The molecule has 94 valence electrons. The molecule has 0 atom stereocenters. The molecule has 0 fully saturated rings. The molecule has 0 radical (unpaired) electrons. The van der Waals surface area contributed by atoms with Gasteiger partial charge in [-0.25, -0.2) is 0 Å². The van der Waals surface area contributed by atoms with Gasteiger partial charge in [0, 0.05) is 23.7 Å². The third-order valence-electron chi connectivity index (χ3n) is 2.92. The Morgan fingerprint density at radius 2 is 1.79 bits per heavy atom. The van der Waals surface area contributed by atoms with Gasteiger partial charge in [0.25, 0.3) is 0 Å². The summed E-state index contributed by atoms with van der Waals surface area (Å²) in [5, 5.41) is 0. The molecule has 1 heterocycles. The Bertz CT molecular complexity index is 654. The SMILES string of the molecule is Nc1cc2c(cc1CC#Cc1ccccc1)OCO2. The third kappa shape index (κ3) is 2.48. The molecule has 1 aliphatic rings. The van der Waals surface area contributed by atoms with Crippen LogP contribution in [0.25, 0.3) is 0 Å². The molecule has 0 unspecified atom stereocenters. The van der Waals surface area contributed by atoms with Crippen LogP contribution in [0.4, 0.5) is 5.69 Å². The molecule has 3 nitrogen and oxygen atoms in total. The van der Waals surface area contributed by atoms with Gasteiger partial charge in [-0.15, -0.1) is 0 Å². The third-order valence-corrected chi connectivity index (χ3v) is 2.92. The Hall–Kier alpha value is -2.60. The zero-order valence-corrected chi connectivity index (χ0v) is 10.3. The number of anilines is 1. The van der Waals surface area contributed by atoms with Crippen molar-refractivity contribution in [1.29, 1.82) is 0 Å². The zero-order chi connectivity index (χ0) is 13.1. The van der Waals surface area contributed by atoms with Crippen molar-refractivity contribution < 1.29 is 9.47 Å². The van der Waals surface area contributed by atoms with Crippen molar-refractivity contribution in [3.05, 3.63) is 53.6 Å². The molecule has 1 aliphatic heterocycles. The minimum absolute atomic E-state index is 0.258. The van der Waals surface area contributed by atoms with Gasteiger partial charge >= 0.3 is 0 Å². The molecule has 0 spiro atoms. The number of fused-ring (bicyclic) bond motifs is 1. The summed E-state index contributed by atoms with van der Waals surface area (Å²) in [5.74, 6) is 7.68. The number of ether oxygens (including phenoxy) is 2. The summed E-state index contributed by atoms with van der Waals surface area (Å²) in [6, 6.07) is 13.6. The van der Waals surface area contributed by atoms with Crippen LogP contribution in [0, 0.1) is 11.8 Å². The van der Waals surface area contributed by atoms with Crippen LogP contribution in [0.15, 0.2) is 42.5 Å². The number of hydrogen-bond acceptors (Lipinski definition) is 3. The lowest BCUT2D eigenvalue weighted by Gasteiger charge is -2.03. The van der Waals surface area contributed by atoms with Gasteiger partial charge in [0.05, 0.1) is 0 Å². The van der Waals surface area contributed by atoms with Crippen molar-refractivity contribution in [2.75, 3.05) is 12.5 Å². The summed E-state index contributed by atoms with van der Waals surface area (Å²) in [6.07, 6.45) is 0.595. The van der Waals surface area contributed by atoms with Crippen LogP contribution < -0.4 is 15.2 Å². The molecule has 2 aromatic carbocycles. The number of hydrogen-bond donors (Lipinski definition) is 1. The molecule has 0 amide bonds. The Labute approximate surface area is 112 Å². The molecule has 0 saturated heterocycles. The lowest BCUT2D eigenvalue weighted by atomic mass is 10.1. The largest absolute Gasteiger partial charge is 0.454 e. The molecule has 2 N–H and O–H groups in total. The zero-order valence-electron chi connectivity index (χ0n) is 10.3. The van der Waals surface area contributed by atoms with Gasteiger partial charge in [0.1, 0.15) is 0 Å². The molecular weight excluding hydrogens is 238 g/mol. The lowest BCUT2D eigenvalue weighted by Crippen LogP contribution is -1.93. The molecule has 2 aromatic rings. The van der Waals surface area contributed by atoms with Crippen molar-refractivity contribution in [3.8, 4) is 23.3 Å². The van der Waals surface area contributed by atoms with Crippen molar-refractivity contribution in [2.45, 2.75) is 6.42 Å². The quantitative estimate of drug-likeness (QED) is 0.626. The van der Waals surface area contributed by atoms with E-state index in [9.17, 15) is 0 Å². The van der Waals surface area contributed by atoms with Crippen LogP contribution in [-0.4, -0.2) is 6.79 Å². The van der Waals surface area contributed by atoms with Crippen LogP contribution in [0.5, 0.6) is 11.5 Å². The summed E-state index contributed by atoms with van der Waals surface area (Å²) < 4.78 is 10.6. The fraction of sp³-hybridized carbons (Fsp3) is 0.125. The van der Waals surface area contributed by atoms with Gasteiger partial charge in [0.15, 0.2) is 11.5 Å². The van der Waals surface area contributed by atoms with Gasteiger partial charge in [0.2, 0.25) is 6.79 Å². The first-order valence-electron chi connectivity index (χ1n) is 6.05. The summed E-state index contributed by atoms with van der Waals surface area (Å²) in [6.45, 7) is 0.258. The predicted octanol–water partition coefficient (Wildman–Crippen LogP) is 2.59. The molecule has 0 saturated carbocycles. The first-order valence-corrected chi connectivity index (χ1v) is 6.05. The second kappa shape index (κ2) is 4.95. The van der Waals surface area contributed by atoms with Crippen LogP contribution in [0.2, 0.25) is 0 Å². The Morgan fingerprint density at radius 3 is 2.58 bits per heavy atom. The summed E-state index contributed by atoms with van der Waals surface area (Å²) in [5.41, 5.74) is 8.62. The second-order valence-corrected chi connectivity index (χ2v) is 4.25. The van der Waals surface area contributed by atoms with Gasteiger partial charge in [-0.3, -0.25) is 0 Å². The Morgan fingerprint density at radius 1 is 1.05 bits per heavy atom. The number of nitrogens with two attached hydrogens (primary N) is 1. The van der Waals surface area contributed by atoms with Crippen LogP contribution in [-0.2, 0) is 6.42 Å². The van der Waals surface area contributed by atoms with Gasteiger partial charge in [-0.2, -0.15) is 0 Å². The Balaban J connectivity index is 1.79. The average Bonchev–Trinajstić information content (AvgIpc) is 2.87. The van der Waals surface area contributed by atoms with Gasteiger partial charge < -0.3 is 15.2 Å². The van der Waals surface area contributed by atoms with Crippen molar-refractivity contribution in [3.63, 3.8) is 0 Å². The standard InChI is InChI=1S/C16H13NO2/c17-14-10-16-15(18-11-19-16)9-13(14)8-4-7-12-5-2-1-3-6-12/h1-3,5-6,9-10H,8,11,17H2. The van der Waals surface area contributed by atoms with E-state index in [1.807, 2.05) is 36.4 Å². The highest BCUT2D eigenvalue weighted by Gasteiger charge is 2.15. The minimum Gasteiger partial charge on any atom is -0.454 e. The van der Waals surface area contributed by atoms with Crippen molar-refractivity contribution in [2.24, 2.45) is 0 Å². The predicted molar refractivity (Wildman–Crippen MR) is 74.0 cm³/mol. The normalized spacial score (nSPS) is 11.8. The minimum atomic E-state index is 0.258. The maximum atomic E-state index is 5.97. The monoisotopic (exact) mass is 251 g/mol. The molecule has 0 bridgehead atoms. The smallest absolute Gasteiger partial charge is 0.231 e. The van der Waals surface area contributed by atoms with Crippen molar-refractivity contribution >= 4 is 5.69 Å². The molecule has 3 heteroatoms. The van der Waals surface area contributed by atoms with E-state index in [2.05, 4.69) is 11.8 Å². The first kappa shape index (κ1) is 11.5. The van der Waals surface area contributed by atoms with Gasteiger partial charge in [-0.05, 0) is 23.8 Å². The average molecular weight is 251 g/mol. The number of benzene rings is 2. The highest BCUT2D eigenvalue weighted by molar-refractivity contribution is 5.59. The molecule has 0 aromatic heterocycles. The second-order valence-electron chi connectivity index (χ2n) is 4.25. The Kier molecular flexibility index (Phi) is 2.99. The van der Waals surface area contributed by atoms with Crippen LogP contribution in [0.1, 0.15) is 11.1 Å². The number of rotatable bonds is 1. The van der Waals surface area contributed by atoms with E-state index in [1.54, 1.807) is 6.07 Å². The molecule has 0 aliphatic carbocycles. The molecule has 3 rings (SSSR count). The topological polar surface area (TPSA) is 44.5 Å². The first-order chi connectivity index (χ1) is 9.33. The van der Waals surface area contributed by atoms with E-state index in [1.165, 1.54) is 0 Å². The molecular formula is C16H13NO2. The summed E-state index contributed by atoms with van der Waals surface area (Å²) >= 11 is 0. The fourth-order valence-electron chi connectivity index (χ4n) is 1.92. The van der Waals surface area contributed by atoms with E-state index >= 15 is 0 Å². The van der Waals surface area contributed by atoms with Crippen LogP contribution in [0.3, 0.4) is 0 Å². The maximum absolute atomic E-state index is 5.97. The maximum Gasteiger partial charge on any atom is 0.231 e. The van der Waals surface area contributed by atoms with E-state index in [0.29, 0.717) is 17.9 Å².